The fourth-order valence-corrected chi connectivity index (χ4v) is 5.58. The van der Waals surface area contributed by atoms with Gasteiger partial charge >= 0.3 is 0 Å². The molecule has 1 aliphatic rings. The molecular weight excluding hydrogens is 433 g/mol. The number of sulfonamides is 1. The van der Waals surface area contributed by atoms with E-state index in [1.807, 2.05) is 6.92 Å². The molecule has 1 N–H and O–H groups in total. The van der Waals surface area contributed by atoms with Gasteiger partial charge in [-0.05, 0) is 31.4 Å². The second kappa shape index (κ2) is 8.95. The average molecular weight is 460 g/mol. The summed E-state index contributed by atoms with van der Waals surface area (Å²) in [7, 11) is -1.59. The Morgan fingerprint density at radius 3 is 2.59 bits per heavy atom. The summed E-state index contributed by atoms with van der Waals surface area (Å²) in [6.07, 6.45) is 3.50. The van der Waals surface area contributed by atoms with E-state index in [2.05, 4.69) is 15.3 Å². The second-order valence-corrected chi connectivity index (χ2v) is 10.1. The molecule has 0 atom stereocenters. The molecule has 1 saturated heterocycles. The van der Waals surface area contributed by atoms with Crippen molar-refractivity contribution in [3.8, 4) is 11.1 Å². The Morgan fingerprint density at radius 1 is 1.19 bits per heavy atom. The Hall–Kier alpha value is -2.85. The molecule has 0 bridgehead atoms. The summed E-state index contributed by atoms with van der Waals surface area (Å²) >= 11 is 0. The van der Waals surface area contributed by atoms with Crippen LogP contribution < -0.4 is 10.9 Å². The first kappa shape index (κ1) is 22.3. The molecule has 0 unspecified atom stereocenters. The van der Waals surface area contributed by atoms with E-state index >= 15 is 0 Å². The molecule has 32 heavy (non-hydrogen) atoms. The summed E-state index contributed by atoms with van der Waals surface area (Å²) in [6, 6.07) is 7.80. The number of piperidine rings is 1. The molecule has 4 rings (SSSR count). The minimum Gasteiger partial charge on any atom is -0.351 e. The van der Waals surface area contributed by atoms with Crippen LogP contribution in [0.2, 0.25) is 0 Å². The van der Waals surface area contributed by atoms with Gasteiger partial charge in [-0.2, -0.15) is 4.98 Å². The molecular formula is C22H26FN5O3S. The Morgan fingerprint density at radius 2 is 1.91 bits per heavy atom. The van der Waals surface area contributed by atoms with Crippen molar-refractivity contribution in [3.63, 3.8) is 0 Å². The fourth-order valence-electron chi connectivity index (χ4n) is 4.04. The molecule has 0 radical (unpaired) electrons. The van der Waals surface area contributed by atoms with Gasteiger partial charge in [-0.3, -0.25) is 9.36 Å². The highest BCUT2D eigenvalue weighted by molar-refractivity contribution is 7.89. The third kappa shape index (κ3) is 4.37. The van der Waals surface area contributed by atoms with Crippen LogP contribution in [0.1, 0.15) is 26.2 Å². The van der Waals surface area contributed by atoms with Crippen LogP contribution in [0.4, 0.5) is 10.3 Å². The first-order valence-electron chi connectivity index (χ1n) is 10.7. The zero-order chi connectivity index (χ0) is 22.9. The monoisotopic (exact) mass is 459 g/mol. The number of pyridine rings is 1. The van der Waals surface area contributed by atoms with E-state index < -0.39 is 15.8 Å². The number of fused-ring (bicyclic) bond motifs is 1. The molecule has 8 nitrogen and oxygen atoms in total. The number of anilines is 1. The Bertz CT molecular complexity index is 1300. The maximum absolute atomic E-state index is 14.2. The van der Waals surface area contributed by atoms with Gasteiger partial charge < -0.3 is 5.32 Å². The smallest absolute Gasteiger partial charge is 0.259 e. The van der Waals surface area contributed by atoms with Gasteiger partial charge in [-0.15, -0.1) is 0 Å². The van der Waals surface area contributed by atoms with Crippen LogP contribution in [-0.4, -0.2) is 52.1 Å². The Labute approximate surface area is 186 Å². The lowest BCUT2D eigenvalue weighted by Gasteiger charge is -2.31. The zero-order valence-corrected chi connectivity index (χ0v) is 18.9. The van der Waals surface area contributed by atoms with E-state index in [0.29, 0.717) is 49.3 Å². The minimum absolute atomic E-state index is 0.0373. The molecule has 3 heterocycles. The molecule has 2 aromatic heterocycles. The summed E-state index contributed by atoms with van der Waals surface area (Å²) in [4.78, 5) is 21.7. The predicted molar refractivity (Wildman–Crippen MR) is 122 cm³/mol. The average Bonchev–Trinajstić information content (AvgIpc) is 2.77. The molecule has 1 aliphatic heterocycles. The standard InChI is InChI=1S/C22H26FN5O3S/c1-3-12-32(30,31)28-10-8-16(9-11-28)25-22-24-14-15-13-18(17-6-4-5-7-19(17)23)21(29)27(2)20(15)26-22/h4-7,13-14,16H,3,8-12H2,1-2H3,(H,24,25,26). The summed E-state index contributed by atoms with van der Waals surface area (Å²) in [5, 5.41) is 3.88. The number of benzene rings is 1. The van der Waals surface area contributed by atoms with Gasteiger partial charge in [0.05, 0.1) is 11.3 Å². The van der Waals surface area contributed by atoms with Crippen LogP contribution in [-0.2, 0) is 17.1 Å². The number of hydrogen-bond donors (Lipinski definition) is 1. The highest BCUT2D eigenvalue weighted by atomic mass is 32.2. The van der Waals surface area contributed by atoms with Gasteiger partial charge in [-0.25, -0.2) is 22.1 Å². The third-order valence-corrected chi connectivity index (χ3v) is 7.83. The van der Waals surface area contributed by atoms with Crippen molar-refractivity contribution in [2.24, 2.45) is 7.05 Å². The SMILES string of the molecule is CCCS(=O)(=O)N1CCC(Nc2ncc3cc(-c4ccccc4F)c(=O)n(C)c3n2)CC1. The summed E-state index contributed by atoms with van der Waals surface area (Å²) < 4.78 is 41.6. The van der Waals surface area contributed by atoms with Crippen LogP contribution in [0.15, 0.2) is 41.3 Å². The van der Waals surface area contributed by atoms with Crippen molar-refractivity contribution in [1.82, 2.24) is 18.8 Å². The van der Waals surface area contributed by atoms with Gasteiger partial charge in [0.15, 0.2) is 0 Å². The molecule has 1 fully saturated rings. The third-order valence-electron chi connectivity index (χ3n) is 5.76. The van der Waals surface area contributed by atoms with E-state index in [-0.39, 0.29) is 28.5 Å². The number of rotatable bonds is 6. The van der Waals surface area contributed by atoms with Crippen molar-refractivity contribution in [2.75, 3.05) is 24.2 Å². The van der Waals surface area contributed by atoms with Crippen LogP contribution in [0, 0.1) is 5.82 Å². The van der Waals surface area contributed by atoms with Gasteiger partial charge in [0.1, 0.15) is 11.5 Å². The number of aryl methyl sites for hydroxylation is 1. The van der Waals surface area contributed by atoms with Gasteiger partial charge in [0.25, 0.3) is 5.56 Å². The number of aromatic nitrogens is 3. The van der Waals surface area contributed by atoms with Gasteiger partial charge in [0.2, 0.25) is 16.0 Å². The summed E-state index contributed by atoms with van der Waals surface area (Å²) in [5.41, 5.74) is 0.585. The van der Waals surface area contributed by atoms with Crippen molar-refractivity contribution < 1.29 is 12.8 Å². The van der Waals surface area contributed by atoms with Crippen molar-refractivity contribution >= 4 is 27.0 Å². The van der Waals surface area contributed by atoms with Gasteiger partial charge in [0, 0.05) is 43.3 Å². The zero-order valence-electron chi connectivity index (χ0n) is 18.1. The van der Waals surface area contributed by atoms with Gasteiger partial charge in [-0.1, -0.05) is 25.1 Å². The molecule has 10 heteroatoms. The van der Waals surface area contributed by atoms with Crippen LogP contribution >= 0.6 is 0 Å². The van der Waals surface area contributed by atoms with Crippen molar-refractivity contribution in [1.29, 1.82) is 0 Å². The topological polar surface area (TPSA) is 97.2 Å². The maximum atomic E-state index is 14.2. The predicted octanol–water partition coefficient (Wildman–Crippen LogP) is 2.75. The first-order chi connectivity index (χ1) is 15.3. The number of nitrogens with one attached hydrogen (secondary N) is 1. The lowest BCUT2D eigenvalue weighted by Crippen LogP contribution is -2.43. The van der Waals surface area contributed by atoms with E-state index in [1.54, 1.807) is 41.8 Å². The Kier molecular flexibility index (Phi) is 6.25. The summed E-state index contributed by atoms with van der Waals surface area (Å²) in [6.45, 7) is 2.77. The minimum atomic E-state index is -3.19. The van der Waals surface area contributed by atoms with Crippen LogP contribution in [0.3, 0.4) is 0 Å². The molecule has 0 spiro atoms. The van der Waals surface area contributed by atoms with Crippen LogP contribution in [0.5, 0.6) is 0 Å². The molecule has 0 aliphatic carbocycles. The highest BCUT2D eigenvalue weighted by Crippen LogP contribution is 2.23. The lowest BCUT2D eigenvalue weighted by molar-refractivity contribution is 0.329. The van der Waals surface area contributed by atoms with E-state index in [4.69, 9.17) is 0 Å². The van der Waals surface area contributed by atoms with E-state index in [1.165, 1.54) is 10.6 Å². The number of halogens is 1. The molecule has 3 aromatic rings. The Balaban J connectivity index is 1.55. The quantitative estimate of drug-likeness (QED) is 0.609. The van der Waals surface area contributed by atoms with Crippen LogP contribution in [0.25, 0.3) is 22.2 Å². The largest absolute Gasteiger partial charge is 0.351 e. The van der Waals surface area contributed by atoms with E-state index in [0.717, 1.165) is 0 Å². The lowest BCUT2D eigenvalue weighted by atomic mass is 10.1. The number of nitrogens with zero attached hydrogens (tertiary/aromatic N) is 4. The fraction of sp³-hybridized carbons (Fsp3) is 0.409. The molecule has 170 valence electrons. The first-order valence-corrected chi connectivity index (χ1v) is 12.3. The molecule has 0 saturated carbocycles. The van der Waals surface area contributed by atoms with E-state index in [9.17, 15) is 17.6 Å². The number of hydrogen-bond acceptors (Lipinski definition) is 6. The normalized spacial score (nSPS) is 15.8. The maximum Gasteiger partial charge on any atom is 0.259 e. The molecule has 0 amide bonds. The van der Waals surface area contributed by atoms with Crippen molar-refractivity contribution in [2.45, 2.75) is 32.2 Å². The van der Waals surface area contributed by atoms with Crippen molar-refractivity contribution in [3.05, 3.63) is 52.7 Å². The second-order valence-electron chi connectivity index (χ2n) is 8.01. The molecule has 1 aromatic carbocycles. The highest BCUT2D eigenvalue weighted by Gasteiger charge is 2.27. The summed E-state index contributed by atoms with van der Waals surface area (Å²) in [5.74, 6) is 0.0818.